The highest BCUT2D eigenvalue weighted by Gasteiger charge is 2.33. The maximum absolute atomic E-state index is 11.9. The van der Waals surface area contributed by atoms with Gasteiger partial charge in [-0.1, -0.05) is 47.5 Å². The van der Waals surface area contributed by atoms with Crippen LogP contribution in [-0.4, -0.2) is 55.2 Å². The molecule has 0 bridgehead atoms. The molecule has 0 aliphatic carbocycles. The van der Waals surface area contributed by atoms with E-state index in [0.29, 0.717) is 30.3 Å². The van der Waals surface area contributed by atoms with E-state index >= 15 is 0 Å². The largest absolute Gasteiger partial charge is 0.491 e. The van der Waals surface area contributed by atoms with Crippen molar-refractivity contribution in [2.24, 2.45) is 0 Å². The molecule has 1 saturated heterocycles. The first kappa shape index (κ1) is 21.1. The quantitative estimate of drug-likeness (QED) is 0.706. The molecule has 0 saturated carbocycles. The number of rotatable bonds is 8. The number of sulfone groups is 1. The van der Waals surface area contributed by atoms with Crippen LogP contribution in [0.3, 0.4) is 0 Å². The van der Waals surface area contributed by atoms with E-state index in [9.17, 15) is 13.5 Å². The lowest BCUT2D eigenvalue weighted by Gasteiger charge is -2.30. The molecule has 2 aromatic carbocycles. The highest BCUT2D eigenvalue weighted by Crippen LogP contribution is 2.23. The number of aliphatic hydroxyl groups is 1. The number of aliphatic hydroxyl groups excluding tert-OH is 1. The van der Waals surface area contributed by atoms with Gasteiger partial charge in [-0.05, 0) is 37.1 Å². The Kier molecular flexibility index (Phi) is 6.99. The van der Waals surface area contributed by atoms with Crippen molar-refractivity contribution in [1.29, 1.82) is 0 Å². The van der Waals surface area contributed by atoms with Crippen LogP contribution in [-0.2, 0) is 16.4 Å². The SMILES string of the molecule is Cc1ccc(OCC(O)CN(Cc2ccccc2Cl)C2CCS(=O)(=O)C2)cc1. The van der Waals surface area contributed by atoms with Gasteiger partial charge in [0.1, 0.15) is 18.5 Å². The molecule has 28 heavy (non-hydrogen) atoms. The summed E-state index contributed by atoms with van der Waals surface area (Å²) in [6.07, 6.45) is -0.176. The van der Waals surface area contributed by atoms with Gasteiger partial charge in [0.25, 0.3) is 0 Å². The predicted octanol–water partition coefficient (Wildman–Crippen LogP) is 3.08. The molecule has 0 spiro atoms. The van der Waals surface area contributed by atoms with Crippen molar-refractivity contribution in [2.45, 2.75) is 32.0 Å². The summed E-state index contributed by atoms with van der Waals surface area (Å²) in [5.41, 5.74) is 2.06. The van der Waals surface area contributed by atoms with Crippen LogP contribution in [0.1, 0.15) is 17.5 Å². The molecule has 1 aliphatic heterocycles. The molecule has 3 rings (SSSR count). The Morgan fingerprint density at radius 2 is 1.93 bits per heavy atom. The zero-order valence-electron chi connectivity index (χ0n) is 15.9. The lowest BCUT2D eigenvalue weighted by Crippen LogP contribution is -2.42. The highest BCUT2D eigenvalue weighted by atomic mass is 35.5. The van der Waals surface area contributed by atoms with Gasteiger partial charge in [-0.15, -0.1) is 0 Å². The van der Waals surface area contributed by atoms with Crippen LogP contribution in [0.4, 0.5) is 0 Å². The van der Waals surface area contributed by atoms with E-state index in [4.69, 9.17) is 16.3 Å². The topological polar surface area (TPSA) is 66.8 Å². The Morgan fingerprint density at radius 3 is 2.57 bits per heavy atom. The van der Waals surface area contributed by atoms with E-state index in [1.54, 1.807) is 0 Å². The maximum atomic E-state index is 11.9. The number of hydrogen-bond acceptors (Lipinski definition) is 5. The molecule has 5 nitrogen and oxygen atoms in total. The highest BCUT2D eigenvalue weighted by molar-refractivity contribution is 7.91. The van der Waals surface area contributed by atoms with Gasteiger partial charge < -0.3 is 9.84 Å². The first-order chi connectivity index (χ1) is 13.3. The maximum Gasteiger partial charge on any atom is 0.151 e. The predicted molar refractivity (Wildman–Crippen MR) is 112 cm³/mol. The summed E-state index contributed by atoms with van der Waals surface area (Å²) in [6, 6.07) is 15.0. The number of hydrogen-bond donors (Lipinski definition) is 1. The van der Waals surface area contributed by atoms with Crippen molar-refractivity contribution in [2.75, 3.05) is 24.7 Å². The molecule has 0 aromatic heterocycles. The van der Waals surface area contributed by atoms with Crippen molar-refractivity contribution in [3.63, 3.8) is 0 Å². The summed E-state index contributed by atoms with van der Waals surface area (Å²) in [5.74, 6) is 1.00. The first-order valence-electron chi connectivity index (χ1n) is 9.38. The number of ether oxygens (including phenoxy) is 1. The molecule has 0 radical (unpaired) electrons. The van der Waals surface area contributed by atoms with Gasteiger partial charge >= 0.3 is 0 Å². The minimum atomic E-state index is -3.03. The lowest BCUT2D eigenvalue weighted by molar-refractivity contribution is 0.0525. The van der Waals surface area contributed by atoms with E-state index in [-0.39, 0.29) is 24.2 Å². The Hall–Kier alpha value is -1.60. The second-order valence-corrected chi connectivity index (χ2v) is 9.99. The monoisotopic (exact) mass is 423 g/mol. The van der Waals surface area contributed by atoms with Crippen LogP contribution in [0, 0.1) is 6.92 Å². The van der Waals surface area contributed by atoms with Crippen molar-refractivity contribution >= 4 is 21.4 Å². The average Bonchev–Trinajstić information content (AvgIpc) is 3.02. The zero-order chi connectivity index (χ0) is 20.1. The fourth-order valence-electron chi connectivity index (χ4n) is 3.40. The van der Waals surface area contributed by atoms with Crippen LogP contribution in [0.2, 0.25) is 5.02 Å². The van der Waals surface area contributed by atoms with E-state index in [1.807, 2.05) is 60.4 Å². The Labute approximate surface area is 171 Å². The molecule has 0 amide bonds. The Morgan fingerprint density at radius 1 is 1.21 bits per heavy atom. The molecule has 1 heterocycles. The normalized spacial score (nSPS) is 19.6. The van der Waals surface area contributed by atoms with E-state index in [0.717, 1.165) is 11.1 Å². The number of halogens is 1. The number of benzene rings is 2. The van der Waals surface area contributed by atoms with Crippen molar-refractivity contribution in [3.05, 3.63) is 64.7 Å². The molecular weight excluding hydrogens is 398 g/mol. The van der Waals surface area contributed by atoms with Crippen molar-refractivity contribution in [1.82, 2.24) is 4.90 Å². The second kappa shape index (κ2) is 9.27. The van der Waals surface area contributed by atoms with Gasteiger partial charge in [0.2, 0.25) is 0 Å². The lowest BCUT2D eigenvalue weighted by atomic mass is 10.1. The number of aryl methyl sites for hydroxylation is 1. The fourth-order valence-corrected chi connectivity index (χ4v) is 5.36. The minimum absolute atomic E-state index is 0.114. The molecule has 2 atom stereocenters. The third-order valence-electron chi connectivity index (χ3n) is 4.96. The molecule has 1 fully saturated rings. The summed E-state index contributed by atoms with van der Waals surface area (Å²) in [6.45, 7) is 2.95. The molecule has 2 aromatic rings. The van der Waals surface area contributed by atoms with Gasteiger partial charge in [-0.3, -0.25) is 4.90 Å². The van der Waals surface area contributed by atoms with Crippen LogP contribution < -0.4 is 4.74 Å². The van der Waals surface area contributed by atoms with Gasteiger partial charge in [0.05, 0.1) is 11.5 Å². The summed E-state index contributed by atoms with van der Waals surface area (Å²) in [4.78, 5) is 2.01. The van der Waals surface area contributed by atoms with Crippen molar-refractivity contribution in [3.8, 4) is 5.75 Å². The van der Waals surface area contributed by atoms with E-state index in [1.165, 1.54) is 0 Å². The van der Waals surface area contributed by atoms with Crippen LogP contribution in [0.25, 0.3) is 0 Å². The van der Waals surface area contributed by atoms with Crippen LogP contribution >= 0.6 is 11.6 Å². The number of nitrogens with zero attached hydrogens (tertiary/aromatic N) is 1. The summed E-state index contributed by atoms with van der Waals surface area (Å²) in [5, 5.41) is 11.2. The van der Waals surface area contributed by atoms with E-state index < -0.39 is 15.9 Å². The fraction of sp³-hybridized carbons (Fsp3) is 0.429. The zero-order valence-corrected chi connectivity index (χ0v) is 17.5. The third kappa shape index (κ3) is 5.95. The summed E-state index contributed by atoms with van der Waals surface area (Å²) < 4.78 is 29.6. The molecule has 1 N–H and O–H groups in total. The standard InChI is InChI=1S/C21H26ClNO4S/c1-16-6-8-20(9-7-16)27-14-19(24)13-23(18-10-11-28(25,26)15-18)12-17-4-2-3-5-21(17)22/h2-9,18-19,24H,10-15H2,1H3. The molecule has 152 valence electrons. The first-order valence-corrected chi connectivity index (χ1v) is 11.6. The Bertz CT molecular complexity index is 886. The van der Waals surface area contributed by atoms with Gasteiger partial charge in [0, 0.05) is 24.2 Å². The molecule has 7 heteroatoms. The second-order valence-electron chi connectivity index (χ2n) is 7.36. The molecule has 1 aliphatic rings. The van der Waals surface area contributed by atoms with Gasteiger partial charge in [0.15, 0.2) is 9.84 Å². The van der Waals surface area contributed by atoms with Crippen LogP contribution in [0.5, 0.6) is 5.75 Å². The van der Waals surface area contributed by atoms with E-state index in [2.05, 4.69) is 0 Å². The van der Waals surface area contributed by atoms with Gasteiger partial charge in [-0.2, -0.15) is 0 Å². The van der Waals surface area contributed by atoms with Crippen LogP contribution in [0.15, 0.2) is 48.5 Å². The summed E-state index contributed by atoms with van der Waals surface area (Å²) in [7, 11) is -3.03. The third-order valence-corrected chi connectivity index (χ3v) is 7.08. The summed E-state index contributed by atoms with van der Waals surface area (Å²) >= 11 is 6.29. The minimum Gasteiger partial charge on any atom is -0.491 e. The Balaban J connectivity index is 1.65. The molecule has 2 unspecified atom stereocenters. The average molecular weight is 424 g/mol. The molecular formula is C21H26ClNO4S. The van der Waals surface area contributed by atoms with Crippen molar-refractivity contribution < 1.29 is 18.3 Å². The smallest absolute Gasteiger partial charge is 0.151 e. The van der Waals surface area contributed by atoms with Gasteiger partial charge in [-0.25, -0.2) is 8.42 Å².